The van der Waals surface area contributed by atoms with Crippen LogP contribution in [0.15, 0.2) is 10.7 Å². The molecule has 0 saturated carbocycles. The smallest absolute Gasteiger partial charge is 0.268 e. The van der Waals surface area contributed by atoms with Crippen LogP contribution in [0.3, 0.4) is 0 Å². The highest BCUT2D eigenvalue weighted by atomic mass is 79.9. The molecular formula is C7H5BrClF2NO. The van der Waals surface area contributed by atoms with E-state index in [1.807, 2.05) is 0 Å². The zero-order valence-electron chi connectivity index (χ0n) is 6.52. The van der Waals surface area contributed by atoms with Crippen molar-refractivity contribution in [3.8, 4) is 5.75 Å². The Hall–Kier alpha value is -0.420. The maximum Gasteiger partial charge on any atom is 0.268 e. The van der Waals surface area contributed by atoms with Crippen LogP contribution in [0.4, 0.5) is 8.78 Å². The fourth-order valence-electron chi connectivity index (χ4n) is 0.859. The molecule has 0 N–H and O–H groups in total. The lowest BCUT2D eigenvalue weighted by molar-refractivity contribution is 0.146. The number of aromatic nitrogens is 1. The number of hydrogen-bond donors (Lipinski definition) is 0. The fourth-order valence-corrected chi connectivity index (χ4v) is 1.54. The van der Waals surface area contributed by atoms with Gasteiger partial charge in [-0.1, -0.05) is 11.6 Å². The molecule has 0 aliphatic heterocycles. The van der Waals surface area contributed by atoms with Crippen molar-refractivity contribution in [1.82, 2.24) is 4.98 Å². The van der Waals surface area contributed by atoms with Gasteiger partial charge in [0.1, 0.15) is 0 Å². The van der Waals surface area contributed by atoms with Crippen LogP contribution in [0, 0.1) is 0 Å². The topological polar surface area (TPSA) is 22.1 Å². The zero-order chi connectivity index (χ0) is 10.0. The molecule has 0 atom stereocenters. The maximum atomic E-state index is 12.5. The molecule has 6 heteroatoms. The van der Waals surface area contributed by atoms with Crippen LogP contribution in [0.5, 0.6) is 5.75 Å². The van der Waals surface area contributed by atoms with E-state index in [1.54, 1.807) is 0 Å². The summed E-state index contributed by atoms with van der Waals surface area (Å²) in [5, 5.41) is -0.0685. The highest BCUT2D eigenvalue weighted by molar-refractivity contribution is 9.10. The summed E-state index contributed by atoms with van der Waals surface area (Å²) in [5.41, 5.74) is -0.275. The van der Waals surface area contributed by atoms with Crippen LogP contribution in [0.25, 0.3) is 0 Å². The largest absolute Gasteiger partial charge is 0.493 e. The first kappa shape index (κ1) is 10.7. The standard InChI is InChI=1S/C7H5BrClF2NO/c1-13-5-4(7(10)11)3(8)2-12-6(5)9/h2,7H,1H3. The van der Waals surface area contributed by atoms with Gasteiger partial charge in [-0.2, -0.15) is 0 Å². The SMILES string of the molecule is COc1c(Cl)ncc(Br)c1C(F)F. The van der Waals surface area contributed by atoms with Crippen LogP contribution >= 0.6 is 27.5 Å². The average molecular weight is 272 g/mol. The summed E-state index contributed by atoms with van der Waals surface area (Å²) in [6.07, 6.45) is -1.43. The zero-order valence-corrected chi connectivity index (χ0v) is 8.86. The van der Waals surface area contributed by atoms with Gasteiger partial charge in [0.05, 0.1) is 12.7 Å². The summed E-state index contributed by atoms with van der Waals surface area (Å²) in [5.74, 6) is -0.0916. The van der Waals surface area contributed by atoms with Crippen molar-refractivity contribution in [3.63, 3.8) is 0 Å². The van der Waals surface area contributed by atoms with E-state index in [9.17, 15) is 8.78 Å². The highest BCUT2D eigenvalue weighted by Crippen LogP contribution is 2.38. The second-order valence-corrected chi connectivity index (χ2v) is 3.36. The normalized spacial score (nSPS) is 10.6. The van der Waals surface area contributed by atoms with E-state index in [2.05, 4.69) is 20.9 Å². The van der Waals surface area contributed by atoms with E-state index in [1.165, 1.54) is 13.3 Å². The first-order valence-electron chi connectivity index (χ1n) is 3.24. The summed E-state index contributed by atoms with van der Waals surface area (Å²) in [7, 11) is 1.27. The predicted molar refractivity (Wildman–Crippen MR) is 48.5 cm³/mol. The van der Waals surface area contributed by atoms with Crippen LogP contribution in [0.1, 0.15) is 12.0 Å². The third kappa shape index (κ3) is 2.08. The molecule has 0 aliphatic rings. The number of pyridine rings is 1. The molecule has 1 aromatic heterocycles. The summed E-state index contributed by atoms with van der Waals surface area (Å²) in [6, 6.07) is 0. The molecule has 1 rings (SSSR count). The number of halogens is 4. The van der Waals surface area contributed by atoms with E-state index in [-0.39, 0.29) is 20.9 Å². The van der Waals surface area contributed by atoms with Crippen molar-refractivity contribution in [2.75, 3.05) is 7.11 Å². The van der Waals surface area contributed by atoms with Gasteiger partial charge in [-0.05, 0) is 15.9 Å². The van der Waals surface area contributed by atoms with Gasteiger partial charge in [-0.25, -0.2) is 13.8 Å². The Morgan fingerprint density at radius 1 is 1.62 bits per heavy atom. The van der Waals surface area contributed by atoms with Crippen LogP contribution < -0.4 is 4.74 Å². The molecule has 72 valence electrons. The predicted octanol–water partition coefficient (Wildman–Crippen LogP) is 3.44. The fraction of sp³-hybridized carbons (Fsp3) is 0.286. The van der Waals surface area contributed by atoms with Crippen molar-refractivity contribution < 1.29 is 13.5 Å². The van der Waals surface area contributed by atoms with Crippen LogP contribution in [-0.4, -0.2) is 12.1 Å². The van der Waals surface area contributed by atoms with Crippen molar-refractivity contribution in [3.05, 3.63) is 21.4 Å². The Morgan fingerprint density at radius 3 is 2.62 bits per heavy atom. The van der Waals surface area contributed by atoms with Crippen LogP contribution in [0.2, 0.25) is 5.15 Å². The Morgan fingerprint density at radius 2 is 2.23 bits per heavy atom. The van der Waals surface area contributed by atoms with E-state index in [4.69, 9.17) is 16.3 Å². The molecule has 13 heavy (non-hydrogen) atoms. The number of methoxy groups -OCH3 is 1. The van der Waals surface area contributed by atoms with E-state index in [0.717, 1.165) is 0 Å². The van der Waals surface area contributed by atoms with Gasteiger partial charge < -0.3 is 4.74 Å². The minimum Gasteiger partial charge on any atom is -0.493 e. The average Bonchev–Trinajstić information content (AvgIpc) is 2.07. The number of rotatable bonds is 2. The van der Waals surface area contributed by atoms with Gasteiger partial charge in [0.15, 0.2) is 10.9 Å². The molecule has 0 spiro atoms. The quantitative estimate of drug-likeness (QED) is 0.769. The number of alkyl halides is 2. The summed E-state index contributed by atoms with van der Waals surface area (Å²) in [4.78, 5) is 3.65. The first-order valence-corrected chi connectivity index (χ1v) is 4.41. The second kappa shape index (κ2) is 4.19. The summed E-state index contributed by atoms with van der Waals surface area (Å²) in [6.45, 7) is 0. The van der Waals surface area contributed by atoms with Gasteiger partial charge >= 0.3 is 0 Å². The van der Waals surface area contributed by atoms with Gasteiger partial charge in [0.2, 0.25) is 0 Å². The van der Waals surface area contributed by atoms with Crippen molar-refractivity contribution in [2.24, 2.45) is 0 Å². The minimum absolute atomic E-state index is 0.0685. The van der Waals surface area contributed by atoms with Crippen molar-refractivity contribution in [1.29, 1.82) is 0 Å². The lowest BCUT2D eigenvalue weighted by Crippen LogP contribution is -1.96. The second-order valence-electron chi connectivity index (χ2n) is 2.14. The van der Waals surface area contributed by atoms with E-state index < -0.39 is 6.43 Å². The number of hydrogen-bond acceptors (Lipinski definition) is 2. The molecule has 0 bridgehead atoms. The molecule has 1 heterocycles. The summed E-state index contributed by atoms with van der Waals surface area (Å²) >= 11 is 8.50. The molecule has 1 aromatic rings. The molecule has 0 saturated heterocycles. The first-order chi connectivity index (χ1) is 6.07. The Bertz CT molecular complexity index is 322. The number of ether oxygens (including phenoxy) is 1. The van der Waals surface area contributed by atoms with E-state index in [0.29, 0.717) is 0 Å². The molecule has 0 fully saturated rings. The number of nitrogens with zero attached hydrogens (tertiary/aromatic N) is 1. The molecule has 0 unspecified atom stereocenters. The molecule has 0 radical (unpaired) electrons. The maximum absolute atomic E-state index is 12.5. The Balaban J connectivity index is 3.35. The highest BCUT2D eigenvalue weighted by Gasteiger charge is 2.20. The van der Waals surface area contributed by atoms with Gasteiger partial charge in [0.25, 0.3) is 6.43 Å². The van der Waals surface area contributed by atoms with Gasteiger partial charge in [-0.15, -0.1) is 0 Å². The molecule has 2 nitrogen and oxygen atoms in total. The van der Waals surface area contributed by atoms with Crippen molar-refractivity contribution >= 4 is 27.5 Å². The summed E-state index contributed by atoms with van der Waals surface area (Å²) < 4.78 is 29.8. The third-order valence-corrected chi connectivity index (χ3v) is 2.30. The third-order valence-electron chi connectivity index (χ3n) is 1.40. The lowest BCUT2D eigenvalue weighted by Gasteiger charge is -2.09. The lowest BCUT2D eigenvalue weighted by atomic mass is 10.2. The Labute approximate surface area is 87.0 Å². The Kier molecular flexibility index (Phi) is 3.44. The molecule has 0 aliphatic carbocycles. The molecule has 0 aromatic carbocycles. The monoisotopic (exact) mass is 271 g/mol. The molecule has 0 amide bonds. The van der Waals surface area contributed by atoms with Gasteiger partial charge in [-0.3, -0.25) is 0 Å². The molecular weight excluding hydrogens is 267 g/mol. The minimum atomic E-state index is -2.65. The van der Waals surface area contributed by atoms with E-state index >= 15 is 0 Å². The van der Waals surface area contributed by atoms with Crippen molar-refractivity contribution in [2.45, 2.75) is 6.43 Å². The van der Waals surface area contributed by atoms with Crippen LogP contribution in [-0.2, 0) is 0 Å². The van der Waals surface area contributed by atoms with Gasteiger partial charge in [0, 0.05) is 10.7 Å².